The second-order valence-electron chi connectivity index (χ2n) is 4.58. The van der Waals surface area contributed by atoms with E-state index in [-0.39, 0.29) is 5.91 Å². The Morgan fingerprint density at radius 3 is 2.90 bits per heavy atom. The van der Waals surface area contributed by atoms with Gasteiger partial charge in [-0.05, 0) is 25.1 Å². The van der Waals surface area contributed by atoms with Crippen molar-refractivity contribution in [3.8, 4) is 0 Å². The highest BCUT2D eigenvalue weighted by Gasteiger charge is 2.12. The zero-order valence-corrected chi connectivity index (χ0v) is 12.8. The van der Waals surface area contributed by atoms with Crippen LogP contribution in [-0.4, -0.2) is 33.8 Å². The molecule has 0 bridgehead atoms. The number of aromatic nitrogens is 3. The molecule has 1 heterocycles. The molecule has 0 aliphatic carbocycles. The fraction of sp³-hybridized carbons (Fsp3) is 0.357. The van der Waals surface area contributed by atoms with Crippen molar-refractivity contribution in [2.45, 2.75) is 13.3 Å². The molecular weight excluding hydrogens is 290 g/mol. The first-order valence-electron chi connectivity index (χ1n) is 6.76. The van der Waals surface area contributed by atoms with Gasteiger partial charge in [0, 0.05) is 37.3 Å². The van der Waals surface area contributed by atoms with Crippen molar-refractivity contribution in [2.24, 2.45) is 7.05 Å². The summed E-state index contributed by atoms with van der Waals surface area (Å²) in [7, 11) is 1.87. The van der Waals surface area contributed by atoms with Gasteiger partial charge < -0.3 is 15.2 Å². The number of anilines is 1. The van der Waals surface area contributed by atoms with Gasteiger partial charge in [0.25, 0.3) is 5.91 Å². The Morgan fingerprint density at radius 2 is 2.24 bits per heavy atom. The molecule has 0 atom stereocenters. The molecule has 0 saturated carbocycles. The van der Waals surface area contributed by atoms with Crippen LogP contribution in [0.2, 0.25) is 5.02 Å². The normalized spacial score (nSPS) is 10.4. The average molecular weight is 308 g/mol. The van der Waals surface area contributed by atoms with Gasteiger partial charge in [0.05, 0.1) is 5.56 Å². The predicted molar refractivity (Wildman–Crippen MR) is 82.7 cm³/mol. The molecule has 0 unspecified atom stereocenters. The van der Waals surface area contributed by atoms with Gasteiger partial charge in [0.15, 0.2) is 0 Å². The maximum Gasteiger partial charge on any atom is 0.253 e. The molecule has 0 aliphatic rings. The smallest absolute Gasteiger partial charge is 0.253 e. The first kappa shape index (κ1) is 15.3. The van der Waals surface area contributed by atoms with Gasteiger partial charge in [-0.1, -0.05) is 11.6 Å². The molecule has 1 aromatic heterocycles. The van der Waals surface area contributed by atoms with Gasteiger partial charge in [-0.2, -0.15) is 0 Å². The van der Waals surface area contributed by atoms with Gasteiger partial charge in [-0.15, -0.1) is 10.2 Å². The fourth-order valence-electron chi connectivity index (χ4n) is 1.97. The Hall–Kier alpha value is -2.08. The maximum absolute atomic E-state index is 12.3. The van der Waals surface area contributed by atoms with E-state index in [0.29, 0.717) is 23.6 Å². The van der Waals surface area contributed by atoms with Crippen LogP contribution in [0.5, 0.6) is 0 Å². The zero-order valence-electron chi connectivity index (χ0n) is 12.1. The van der Waals surface area contributed by atoms with E-state index < -0.39 is 0 Å². The third kappa shape index (κ3) is 3.95. The second-order valence-corrected chi connectivity index (χ2v) is 5.02. The van der Waals surface area contributed by atoms with Crippen molar-refractivity contribution in [2.75, 3.05) is 18.4 Å². The van der Waals surface area contributed by atoms with E-state index in [0.717, 1.165) is 18.1 Å². The van der Waals surface area contributed by atoms with Crippen LogP contribution in [0.3, 0.4) is 0 Å². The molecule has 2 N–H and O–H groups in total. The Balaban J connectivity index is 1.99. The molecule has 0 aliphatic heterocycles. The van der Waals surface area contributed by atoms with E-state index in [1.54, 1.807) is 18.5 Å². The summed E-state index contributed by atoms with van der Waals surface area (Å²) in [5.74, 6) is 0.670. The average Bonchev–Trinajstić information content (AvgIpc) is 2.86. The SMILES string of the molecule is CCNc1ccc(Cl)cc1C(=O)NCCc1nncn1C. The van der Waals surface area contributed by atoms with Crippen molar-refractivity contribution >= 4 is 23.2 Å². The minimum Gasteiger partial charge on any atom is -0.385 e. The van der Waals surface area contributed by atoms with Gasteiger partial charge in [-0.3, -0.25) is 4.79 Å². The van der Waals surface area contributed by atoms with E-state index in [2.05, 4.69) is 20.8 Å². The lowest BCUT2D eigenvalue weighted by Gasteiger charge is -2.11. The van der Waals surface area contributed by atoms with Crippen LogP contribution in [0.25, 0.3) is 0 Å². The predicted octanol–water partition coefficient (Wildman–Crippen LogP) is 1.87. The number of halogens is 1. The van der Waals surface area contributed by atoms with Crippen LogP contribution >= 0.6 is 11.6 Å². The summed E-state index contributed by atoms with van der Waals surface area (Å²) < 4.78 is 1.83. The van der Waals surface area contributed by atoms with Crippen molar-refractivity contribution in [1.82, 2.24) is 20.1 Å². The highest BCUT2D eigenvalue weighted by atomic mass is 35.5. The number of benzene rings is 1. The summed E-state index contributed by atoms with van der Waals surface area (Å²) in [5, 5.41) is 14.3. The molecular formula is C14H18ClN5O. The molecule has 112 valence electrons. The minimum atomic E-state index is -0.157. The standard InChI is InChI=1S/C14H18ClN5O/c1-3-16-12-5-4-10(15)8-11(12)14(21)17-7-6-13-19-18-9-20(13)2/h4-5,8-9,16H,3,6-7H2,1-2H3,(H,17,21). The highest BCUT2D eigenvalue weighted by Crippen LogP contribution is 2.20. The molecule has 6 nitrogen and oxygen atoms in total. The van der Waals surface area contributed by atoms with Crippen molar-refractivity contribution in [3.63, 3.8) is 0 Å². The van der Waals surface area contributed by atoms with Gasteiger partial charge in [0.1, 0.15) is 12.2 Å². The number of rotatable bonds is 6. The highest BCUT2D eigenvalue weighted by molar-refractivity contribution is 6.31. The number of nitrogens with one attached hydrogen (secondary N) is 2. The zero-order chi connectivity index (χ0) is 15.2. The van der Waals surface area contributed by atoms with Gasteiger partial charge >= 0.3 is 0 Å². The molecule has 0 saturated heterocycles. The number of carbonyl (C=O) groups excluding carboxylic acids is 1. The van der Waals surface area contributed by atoms with E-state index in [9.17, 15) is 4.79 Å². The van der Waals surface area contributed by atoms with Crippen molar-refractivity contribution in [3.05, 3.63) is 40.9 Å². The Morgan fingerprint density at radius 1 is 1.43 bits per heavy atom. The van der Waals surface area contributed by atoms with Crippen LogP contribution < -0.4 is 10.6 Å². The number of nitrogens with zero attached hydrogens (tertiary/aromatic N) is 3. The topological polar surface area (TPSA) is 71.8 Å². The summed E-state index contributed by atoms with van der Waals surface area (Å²) in [6, 6.07) is 5.23. The molecule has 7 heteroatoms. The van der Waals surface area contributed by atoms with E-state index in [1.165, 1.54) is 0 Å². The lowest BCUT2D eigenvalue weighted by Crippen LogP contribution is -2.27. The number of carbonyl (C=O) groups is 1. The first-order valence-corrected chi connectivity index (χ1v) is 7.14. The lowest BCUT2D eigenvalue weighted by molar-refractivity contribution is 0.0954. The first-order chi connectivity index (χ1) is 10.1. The molecule has 2 aromatic rings. The number of amides is 1. The van der Waals surface area contributed by atoms with E-state index >= 15 is 0 Å². The van der Waals surface area contributed by atoms with Crippen LogP contribution in [0.4, 0.5) is 5.69 Å². The van der Waals surface area contributed by atoms with Crippen molar-refractivity contribution < 1.29 is 4.79 Å². The quantitative estimate of drug-likeness (QED) is 0.854. The third-order valence-electron chi connectivity index (χ3n) is 3.03. The molecule has 21 heavy (non-hydrogen) atoms. The number of hydrogen-bond donors (Lipinski definition) is 2. The van der Waals surface area contributed by atoms with Crippen LogP contribution in [-0.2, 0) is 13.5 Å². The Bertz CT molecular complexity index is 626. The third-order valence-corrected chi connectivity index (χ3v) is 3.27. The van der Waals surface area contributed by atoms with Crippen molar-refractivity contribution in [1.29, 1.82) is 0 Å². The maximum atomic E-state index is 12.3. The lowest BCUT2D eigenvalue weighted by atomic mass is 10.1. The second kappa shape index (κ2) is 7.08. The van der Waals surface area contributed by atoms with Crippen LogP contribution in [0.15, 0.2) is 24.5 Å². The summed E-state index contributed by atoms with van der Waals surface area (Å²) in [6.45, 7) is 3.20. The Kier molecular flexibility index (Phi) is 5.16. The molecule has 0 spiro atoms. The summed E-state index contributed by atoms with van der Waals surface area (Å²) in [4.78, 5) is 12.3. The molecule has 0 fully saturated rings. The van der Waals surface area contributed by atoms with Crippen LogP contribution in [0.1, 0.15) is 23.1 Å². The van der Waals surface area contributed by atoms with Gasteiger partial charge in [0.2, 0.25) is 0 Å². The van der Waals surface area contributed by atoms with E-state index in [1.807, 2.05) is 24.6 Å². The largest absolute Gasteiger partial charge is 0.385 e. The minimum absolute atomic E-state index is 0.157. The van der Waals surface area contributed by atoms with E-state index in [4.69, 9.17) is 11.6 Å². The molecule has 1 aromatic carbocycles. The van der Waals surface area contributed by atoms with Gasteiger partial charge in [-0.25, -0.2) is 0 Å². The fourth-order valence-corrected chi connectivity index (χ4v) is 2.14. The Labute approximate surface area is 128 Å². The monoisotopic (exact) mass is 307 g/mol. The molecule has 0 radical (unpaired) electrons. The summed E-state index contributed by atoms with van der Waals surface area (Å²) in [6.07, 6.45) is 2.26. The number of aryl methyl sites for hydroxylation is 1. The molecule has 2 rings (SSSR count). The number of hydrogen-bond acceptors (Lipinski definition) is 4. The summed E-state index contributed by atoms with van der Waals surface area (Å²) in [5.41, 5.74) is 1.32. The van der Waals surface area contributed by atoms with Crippen LogP contribution in [0, 0.1) is 0 Å². The molecule has 1 amide bonds. The summed E-state index contributed by atoms with van der Waals surface area (Å²) >= 11 is 5.97.